The van der Waals surface area contributed by atoms with Gasteiger partial charge in [-0.15, -0.1) is 0 Å². The fourth-order valence-electron chi connectivity index (χ4n) is 4.24. The number of benzene rings is 1. The van der Waals surface area contributed by atoms with Gasteiger partial charge in [-0.3, -0.25) is 19.3 Å². The van der Waals surface area contributed by atoms with Crippen molar-refractivity contribution < 1.29 is 14.3 Å². The van der Waals surface area contributed by atoms with Crippen LogP contribution >= 0.6 is 0 Å². The molecule has 0 spiro atoms. The molecule has 1 aromatic heterocycles. The number of rotatable bonds is 6. The topological polar surface area (TPSA) is 118 Å². The van der Waals surface area contributed by atoms with E-state index in [9.17, 15) is 9.59 Å². The lowest BCUT2D eigenvalue weighted by atomic mass is 10.1. The highest BCUT2D eigenvalue weighted by molar-refractivity contribution is 5.98. The molecule has 2 aliphatic rings. The second kappa shape index (κ2) is 8.46. The van der Waals surface area contributed by atoms with Crippen molar-refractivity contribution in [3.05, 3.63) is 35.2 Å². The zero-order valence-electron chi connectivity index (χ0n) is 18.1. The molecule has 10 heteroatoms. The average Bonchev–Trinajstić information content (AvgIpc) is 3.33. The Morgan fingerprint density at radius 1 is 1.26 bits per heavy atom. The van der Waals surface area contributed by atoms with Gasteiger partial charge < -0.3 is 21.1 Å². The van der Waals surface area contributed by atoms with Gasteiger partial charge in [0.1, 0.15) is 17.1 Å². The molecule has 0 bridgehead atoms. The number of carbonyl (C=O) groups is 2. The zero-order valence-corrected chi connectivity index (χ0v) is 18.1. The number of nitrogens with one attached hydrogen (secondary N) is 2. The van der Waals surface area contributed by atoms with Gasteiger partial charge in [-0.1, -0.05) is 6.42 Å². The Morgan fingerprint density at radius 3 is 2.65 bits per heavy atom. The standard InChI is InChI=1S/C21H29N7O3/c1-4-27-16(10-13(2)25-27)20(30)24-21-23-18-15(28(21)26-8-6-5-7-9-26)11-14(19(22)29)12-17(18)31-3/h10-12,21,23H,4-9H2,1-3H3,(H2,22,29)(H,24,30). The minimum Gasteiger partial charge on any atom is -0.494 e. The third-order valence-corrected chi connectivity index (χ3v) is 5.70. The minimum absolute atomic E-state index is 0.233. The lowest BCUT2D eigenvalue weighted by Crippen LogP contribution is -2.58. The second-order valence-corrected chi connectivity index (χ2v) is 7.80. The quantitative estimate of drug-likeness (QED) is 0.642. The summed E-state index contributed by atoms with van der Waals surface area (Å²) >= 11 is 0. The molecular weight excluding hydrogens is 398 g/mol. The Hall–Kier alpha value is -3.27. The number of hydrogen-bond donors (Lipinski definition) is 3. The van der Waals surface area contributed by atoms with Crippen LogP contribution < -0.4 is 26.1 Å². The van der Waals surface area contributed by atoms with Crippen LogP contribution in [0.5, 0.6) is 5.75 Å². The summed E-state index contributed by atoms with van der Waals surface area (Å²) in [5, 5.41) is 15.0. The molecule has 4 rings (SSSR count). The van der Waals surface area contributed by atoms with Crippen LogP contribution in [0.1, 0.15) is 52.7 Å². The number of aromatic nitrogens is 2. The van der Waals surface area contributed by atoms with Gasteiger partial charge in [-0.2, -0.15) is 5.10 Å². The highest BCUT2D eigenvalue weighted by atomic mass is 16.5. The Bertz CT molecular complexity index is 997. The summed E-state index contributed by atoms with van der Waals surface area (Å²) < 4.78 is 7.20. The first kappa shape index (κ1) is 21.0. The molecule has 2 aromatic rings. The van der Waals surface area contributed by atoms with E-state index in [2.05, 4.69) is 20.7 Å². The van der Waals surface area contributed by atoms with E-state index >= 15 is 0 Å². The van der Waals surface area contributed by atoms with Crippen LogP contribution in [0.15, 0.2) is 18.2 Å². The number of hydrogen-bond acceptors (Lipinski definition) is 7. The first-order valence-electron chi connectivity index (χ1n) is 10.6. The van der Waals surface area contributed by atoms with Gasteiger partial charge >= 0.3 is 0 Å². The number of aryl methyl sites for hydroxylation is 2. The van der Waals surface area contributed by atoms with Gasteiger partial charge in [-0.25, -0.2) is 5.01 Å². The minimum atomic E-state index is -0.543. The fraction of sp³-hybridized carbons (Fsp3) is 0.476. The normalized spacial score (nSPS) is 18.4. The number of fused-ring (bicyclic) bond motifs is 1. The van der Waals surface area contributed by atoms with Crippen molar-refractivity contribution in [3.8, 4) is 5.75 Å². The summed E-state index contributed by atoms with van der Waals surface area (Å²) in [4.78, 5) is 25.0. The van der Waals surface area contributed by atoms with E-state index in [1.54, 1.807) is 30.0 Å². The molecule has 1 unspecified atom stereocenters. The van der Waals surface area contributed by atoms with Gasteiger partial charge in [0.2, 0.25) is 5.91 Å². The monoisotopic (exact) mass is 427 g/mol. The van der Waals surface area contributed by atoms with E-state index in [1.165, 1.54) is 6.42 Å². The van der Waals surface area contributed by atoms with E-state index in [0.29, 0.717) is 29.2 Å². The molecule has 1 saturated heterocycles. The number of hydrazine groups is 1. The lowest BCUT2D eigenvalue weighted by Gasteiger charge is -2.39. The maximum absolute atomic E-state index is 13.1. The Balaban J connectivity index is 1.70. The Morgan fingerprint density at radius 2 is 2.00 bits per heavy atom. The molecule has 2 amide bonds. The van der Waals surface area contributed by atoms with Crippen molar-refractivity contribution in [2.75, 3.05) is 30.5 Å². The Kier molecular flexibility index (Phi) is 5.73. The summed E-state index contributed by atoms with van der Waals surface area (Å²) in [6.45, 7) is 6.11. The molecule has 1 aromatic carbocycles. The molecular formula is C21H29N7O3. The molecule has 0 radical (unpaired) electrons. The molecule has 1 fully saturated rings. The van der Waals surface area contributed by atoms with Crippen LogP contribution in [0.2, 0.25) is 0 Å². The summed E-state index contributed by atoms with van der Waals surface area (Å²) in [6.07, 6.45) is 2.74. The predicted molar refractivity (Wildman–Crippen MR) is 117 cm³/mol. The van der Waals surface area contributed by atoms with Gasteiger partial charge in [0.15, 0.2) is 6.29 Å². The number of nitrogens with zero attached hydrogens (tertiary/aromatic N) is 4. The van der Waals surface area contributed by atoms with E-state index in [4.69, 9.17) is 10.5 Å². The van der Waals surface area contributed by atoms with Crippen molar-refractivity contribution in [2.24, 2.45) is 5.73 Å². The average molecular weight is 428 g/mol. The second-order valence-electron chi connectivity index (χ2n) is 7.80. The number of amides is 2. The van der Waals surface area contributed by atoms with Gasteiger partial charge in [0, 0.05) is 25.2 Å². The van der Waals surface area contributed by atoms with Gasteiger partial charge in [0.05, 0.1) is 18.5 Å². The summed E-state index contributed by atoms with van der Waals surface area (Å²) in [5.74, 6) is -0.266. The Labute approximate surface area is 181 Å². The maximum atomic E-state index is 13.1. The van der Waals surface area contributed by atoms with Crippen LogP contribution in [0.25, 0.3) is 0 Å². The molecule has 31 heavy (non-hydrogen) atoms. The molecule has 2 aliphatic heterocycles. The van der Waals surface area contributed by atoms with E-state index < -0.39 is 12.2 Å². The first-order valence-corrected chi connectivity index (χ1v) is 10.6. The molecule has 3 heterocycles. The molecule has 0 aliphatic carbocycles. The number of primary amides is 1. The van der Waals surface area contributed by atoms with Crippen LogP contribution in [0.4, 0.5) is 11.4 Å². The van der Waals surface area contributed by atoms with Crippen molar-refractivity contribution in [1.82, 2.24) is 20.1 Å². The third kappa shape index (κ3) is 3.90. The van der Waals surface area contributed by atoms with Crippen LogP contribution in [0, 0.1) is 6.92 Å². The third-order valence-electron chi connectivity index (χ3n) is 5.70. The predicted octanol–water partition coefficient (Wildman–Crippen LogP) is 1.67. The number of piperidine rings is 1. The highest BCUT2D eigenvalue weighted by Gasteiger charge is 2.37. The molecule has 166 valence electrons. The number of nitrogens with two attached hydrogens (primary N) is 1. The highest BCUT2D eigenvalue weighted by Crippen LogP contribution is 2.43. The zero-order chi connectivity index (χ0) is 22.1. The van der Waals surface area contributed by atoms with Crippen LogP contribution in [-0.4, -0.2) is 53.1 Å². The van der Waals surface area contributed by atoms with E-state index in [1.807, 2.05) is 18.9 Å². The molecule has 10 nitrogen and oxygen atoms in total. The lowest BCUT2D eigenvalue weighted by molar-refractivity contribution is 0.0908. The van der Waals surface area contributed by atoms with E-state index in [-0.39, 0.29) is 5.91 Å². The summed E-state index contributed by atoms with van der Waals surface area (Å²) in [7, 11) is 1.54. The largest absolute Gasteiger partial charge is 0.494 e. The molecule has 0 saturated carbocycles. The number of carbonyl (C=O) groups excluding carboxylic acids is 2. The SMILES string of the molecule is CCn1nc(C)cc1C(=O)NC1Nc2c(OC)cc(C(N)=O)cc2N1N1CCCCC1. The van der Waals surface area contributed by atoms with Crippen molar-refractivity contribution in [1.29, 1.82) is 0 Å². The van der Waals surface area contributed by atoms with Crippen LogP contribution in [-0.2, 0) is 6.54 Å². The first-order chi connectivity index (χ1) is 14.9. The van der Waals surface area contributed by atoms with E-state index in [0.717, 1.165) is 37.3 Å². The number of methoxy groups -OCH3 is 1. The molecule has 1 atom stereocenters. The van der Waals surface area contributed by atoms with Crippen LogP contribution in [0.3, 0.4) is 0 Å². The number of ether oxygens (including phenoxy) is 1. The van der Waals surface area contributed by atoms with Crippen molar-refractivity contribution >= 4 is 23.2 Å². The van der Waals surface area contributed by atoms with Gasteiger partial charge in [-0.05, 0) is 44.9 Å². The van der Waals surface area contributed by atoms with Crippen molar-refractivity contribution in [3.63, 3.8) is 0 Å². The molecule has 4 N–H and O–H groups in total. The summed E-state index contributed by atoms with van der Waals surface area (Å²) in [6, 6.07) is 5.13. The fourth-order valence-corrected chi connectivity index (χ4v) is 4.24. The summed E-state index contributed by atoms with van der Waals surface area (Å²) in [5.41, 5.74) is 8.66. The number of anilines is 2. The van der Waals surface area contributed by atoms with Gasteiger partial charge in [0.25, 0.3) is 5.91 Å². The van der Waals surface area contributed by atoms with Crippen molar-refractivity contribution in [2.45, 2.75) is 45.9 Å². The smallest absolute Gasteiger partial charge is 0.272 e. The maximum Gasteiger partial charge on any atom is 0.272 e.